The summed E-state index contributed by atoms with van der Waals surface area (Å²) < 4.78 is 10.7. The van der Waals surface area contributed by atoms with Crippen LogP contribution in [0, 0.1) is 6.92 Å². The van der Waals surface area contributed by atoms with Crippen molar-refractivity contribution >= 4 is 23.4 Å². The zero-order chi connectivity index (χ0) is 20.5. The van der Waals surface area contributed by atoms with Crippen LogP contribution in [-0.2, 0) is 9.53 Å². The molecule has 2 amide bonds. The van der Waals surface area contributed by atoms with E-state index >= 15 is 0 Å². The highest BCUT2D eigenvalue weighted by molar-refractivity contribution is 5.95. The van der Waals surface area contributed by atoms with Crippen molar-refractivity contribution < 1.29 is 19.1 Å². The van der Waals surface area contributed by atoms with E-state index in [1.54, 1.807) is 25.1 Å². The summed E-state index contributed by atoms with van der Waals surface area (Å²) in [5, 5.41) is 5.50. The molecule has 0 aliphatic rings. The predicted molar refractivity (Wildman–Crippen MR) is 111 cm³/mol. The SMILES string of the molecule is CCOC(=O)Nc1cccc(NC(=O)COc2ccccc2C(C)CC)c1C. The molecule has 0 bridgehead atoms. The second-order valence-corrected chi connectivity index (χ2v) is 6.51. The average Bonchev–Trinajstić information content (AvgIpc) is 2.69. The van der Waals surface area contributed by atoms with Gasteiger partial charge in [0.1, 0.15) is 5.75 Å². The highest BCUT2D eigenvalue weighted by atomic mass is 16.5. The monoisotopic (exact) mass is 384 g/mol. The standard InChI is InChI=1S/C22H28N2O4/c1-5-15(3)17-10-7-8-13-20(17)28-14-21(25)23-18-11-9-12-19(16(18)4)24-22(26)27-6-2/h7-13,15H,5-6,14H2,1-4H3,(H,23,25)(H,24,26). The van der Waals surface area contributed by atoms with Crippen molar-refractivity contribution in [2.75, 3.05) is 23.8 Å². The lowest BCUT2D eigenvalue weighted by Gasteiger charge is -2.16. The van der Waals surface area contributed by atoms with E-state index in [-0.39, 0.29) is 19.1 Å². The molecule has 0 saturated carbocycles. The van der Waals surface area contributed by atoms with Crippen LogP contribution in [0.3, 0.4) is 0 Å². The molecule has 0 aliphatic heterocycles. The number of para-hydroxylation sites is 1. The van der Waals surface area contributed by atoms with Gasteiger partial charge in [-0.2, -0.15) is 0 Å². The first-order valence-corrected chi connectivity index (χ1v) is 9.51. The Kier molecular flexibility index (Phi) is 7.87. The first-order chi connectivity index (χ1) is 13.5. The molecule has 6 heteroatoms. The Bertz CT molecular complexity index is 820. The van der Waals surface area contributed by atoms with Gasteiger partial charge in [-0.1, -0.05) is 38.1 Å². The highest BCUT2D eigenvalue weighted by Crippen LogP contribution is 2.28. The Morgan fingerprint density at radius 2 is 1.68 bits per heavy atom. The number of rotatable bonds is 8. The number of ether oxygens (including phenoxy) is 2. The molecule has 0 aliphatic carbocycles. The van der Waals surface area contributed by atoms with Crippen molar-refractivity contribution in [2.24, 2.45) is 0 Å². The molecule has 0 aromatic heterocycles. The van der Waals surface area contributed by atoms with Crippen LogP contribution in [0.25, 0.3) is 0 Å². The largest absolute Gasteiger partial charge is 0.483 e. The third kappa shape index (κ3) is 5.74. The van der Waals surface area contributed by atoms with E-state index in [9.17, 15) is 9.59 Å². The van der Waals surface area contributed by atoms with E-state index in [4.69, 9.17) is 9.47 Å². The molecule has 0 spiro atoms. The van der Waals surface area contributed by atoms with Crippen molar-refractivity contribution in [3.63, 3.8) is 0 Å². The Morgan fingerprint density at radius 1 is 1.00 bits per heavy atom. The fourth-order valence-corrected chi connectivity index (χ4v) is 2.75. The Morgan fingerprint density at radius 3 is 2.36 bits per heavy atom. The smallest absolute Gasteiger partial charge is 0.411 e. The third-order valence-corrected chi connectivity index (χ3v) is 4.54. The average molecular weight is 384 g/mol. The van der Waals surface area contributed by atoms with Gasteiger partial charge in [-0.25, -0.2) is 4.79 Å². The molecule has 150 valence electrons. The van der Waals surface area contributed by atoms with Crippen LogP contribution in [0.4, 0.5) is 16.2 Å². The molecule has 2 aromatic rings. The van der Waals surface area contributed by atoms with E-state index < -0.39 is 6.09 Å². The number of nitrogens with one attached hydrogen (secondary N) is 2. The summed E-state index contributed by atoms with van der Waals surface area (Å²) in [6.07, 6.45) is 0.463. The van der Waals surface area contributed by atoms with Crippen LogP contribution in [0.1, 0.15) is 44.2 Å². The summed E-state index contributed by atoms with van der Waals surface area (Å²) in [6, 6.07) is 13.0. The summed E-state index contributed by atoms with van der Waals surface area (Å²) in [5.74, 6) is 0.809. The van der Waals surface area contributed by atoms with Crippen molar-refractivity contribution in [3.8, 4) is 5.75 Å². The fourth-order valence-electron chi connectivity index (χ4n) is 2.75. The van der Waals surface area contributed by atoms with Crippen LogP contribution in [0.2, 0.25) is 0 Å². The number of hydrogen-bond acceptors (Lipinski definition) is 4. The molecular weight excluding hydrogens is 356 g/mol. The first-order valence-electron chi connectivity index (χ1n) is 9.51. The van der Waals surface area contributed by atoms with E-state index in [0.29, 0.717) is 17.3 Å². The quantitative estimate of drug-likeness (QED) is 0.664. The Hall–Kier alpha value is -3.02. The van der Waals surface area contributed by atoms with Crippen molar-refractivity contribution in [3.05, 3.63) is 53.6 Å². The van der Waals surface area contributed by atoms with Gasteiger partial charge in [-0.05, 0) is 55.5 Å². The molecule has 0 fully saturated rings. The summed E-state index contributed by atoms with van der Waals surface area (Å²) >= 11 is 0. The van der Waals surface area contributed by atoms with Gasteiger partial charge in [0.15, 0.2) is 6.61 Å². The number of benzene rings is 2. The van der Waals surface area contributed by atoms with Crippen molar-refractivity contribution in [1.29, 1.82) is 0 Å². The molecule has 2 N–H and O–H groups in total. The van der Waals surface area contributed by atoms with Gasteiger partial charge in [-0.3, -0.25) is 10.1 Å². The summed E-state index contributed by atoms with van der Waals surface area (Å²) in [7, 11) is 0. The number of carbonyl (C=O) groups excluding carboxylic acids is 2. The minimum atomic E-state index is -0.529. The van der Waals surface area contributed by atoms with E-state index in [2.05, 4.69) is 24.5 Å². The summed E-state index contributed by atoms with van der Waals surface area (Å²) in [4.78, 5) is 24.0. The van der Waals surface area contributed by atoms with Gasteiger partial charge in [0.05, 0.1) is 6.61 Å². The molecule has 2 rings (SSSR count). The lowest BCUT2D eigenvalue weighted by atomic mass is 9.98. The van der Waals surface area contributed by atoms with Crippen LogP contribution >= 0.6 is 0 Å². The molecular formula is C22H28N2O4. The molecule has 1 unspecified atom stereocenters. The van der Waals surface area contributed by atoms with Gasteiger partial charge in [0.25, 0.3) is 5.91 Å². The van der Waals surface area contributed by atoms with E-state index in [1.165, 1.54) is 0 Å². The van der Waals surface area contributed by atoms with Crippen molar-refractivity contribution in [1.82, 2.24) is 0 Å². The predicted octanol–water partition coefficient (Wildman–Crippen LogP) is 5.09. The Labute approximate surface area is 166 Å². The maximum atomic E-state index is 12.4. The van der Waals surface area contributed by atoms with Crippen LogP contribution in [0.5, 0.6) is 5.75 Å². The molecule has 1 atom stereocenters. The van der Waals surface area contributed by atoms with E-state index in [1.807, 2.05) is 31.2 Å². The lowest BCUT2D eigenvalue weighted by molar-refractivity contribution is -0.118. The van der Waals surface area contributed by atoms with Gasteiger partial charge >= 0.3 is 6.09 Å². The number of amides is 2. The second kappa shape index (κ2) is 10.3. The topological polar surface area (TPSA) is 76.7 Å². The molecule has 2 aromatic carbocycles. The van der Waals surface area contributed by atoms with Gasteiger partial charge in [0.2, 0.25) is 0 Å². The summed E-state index contributed by atoms with van der Waals surface area (Å²) in [5.41, 5.74) is 3.02. The molecule has 0 heterocycles. The first kappa shape index (κ1) is 21.3. The normalized spacial score (nSPS) is 11.4. The molecule has 6 nitrogen and oxygen atoms in total. The molecule has 0 radical (unpaired) electrons. The second-order valence-electron chi connectivity index (χ2n) is 6.51. The Balaban J connectivity index is 2.02. The lowest BCUT2D eigenvalue weighted by Crippen LogP contribution is -2.21. The maximum absolute atomic E-state index is 12.4. The number of carbonyl (C=O) groups is 2. The fraction of sp³-hybridized carbons (Fsp3) is 0.364. The van der Waals surface area contributed by atoms with E-state index in [0.717, 1.165) is 23.3 Å². The molecule has 28 heavy (non-hydrogen) atoms. The summed E-state index contributed by atoms with van der Waals surface area (Å²) in [6.45, 7) is 8.00. The number of hydrogen-bond donors (Lipinski definition) is 2. The van der Waals surface area contributed by atoms with Crippen LogP contribution in [0.15, 0.2) is 42.5 Å². The van der Waals surface area contributed by atoms with Gasteiger partial charge < -0.3 is 14.8 Å². The van der Waals surface area contributed by atoms with Crippen molar-refractivity contribution in [2.45, 2.75) is 40.0 Å². The van der Waals surface area contributed by atoms with Crippen LogP contribution < -0.4 is 15.4 Å². The van der Waals surface area contributed by atoms with Gasteiger partial charge in [-0.15, -0.1) is 0 Å². The highest BCUT2D eigenvalue weighted by Gasteiger charge is 2.13. The molecule has 0 saturated heterocycles. The van der Waals surface area contributed by atoms with Crippen LogP contribution in [-0.4, -0.2) is 25.2 Å². The zero-order valence-corrected chi connectivity index (χ0v) is 16.9. The minimum absolute atomic E-state index is 0.0948. The minimum Gasteiger partial charge on any atom is -0.483 e. The number of anilines is 2. The van der Waals surface area contributed by atoms with Gasteiger partial charge in [0, 0.05) is 11.4 Å². The maximum Gasteiger partial charge on any atom is 0.411 e. The third-order valence-electron chi connectivity index (χ3n) is 4.54. The zero-order valence-electron chi connectivity index (χ0n) is 16.9.